The van der Waals surface area contributed by atoms with Crippen LogP contribution >= 0.6 is 0 Å². The predicted molar refractivity (Wildman–Crippen MR) is 96.2 cm³/mol. The van der Waals surface area contributed by atoms with Crippen molar-refractivity contribution < 1.29 is 9.53 Å². The lowest BCUT2D eigenvalue weighted by molar-refractivity contribution is 0.0472. The van der Waals surface area contributed by atoms with Crippen LogP contribution in [-0.2, 0) is 24.3 Å². The van der Waals surface area contributed by atoms with E-state index >= 15 is 0 Å². The highest BCUT2D eigenvalue weighted by Gasteiger charge is 2.27. The first-order valence-corrected chi connectivity index (χ1v) is 8.69. The molecule has 0 amide bonds. The van der Waals surface area contributed by atoms with Gasteiger partial charge in [0.05, 0.1) is 5.69 Å². The topological polar surface area (TPSA) is 44.1 Å². The van der Waals surface area contributed by atoms with Gasteiger partial charge in [0, 0.05) is 12.1 Å². The van der Waals surface area contributed by atoms with Crippen molar-refractivity contribution in [2.24, 2.45) is 0 Å². The second kappa shape index (κ2) is 6.93. The Labute approximate surface area is 147 Å². The maximum atomic E-state index is 12.9. The molecular formula is C21H20N2O2. The van der Waals surface area contributed by atoms with Crippen LogP contribution in [0.4, 0.5) is 0 Å². The SMILES string of the molecule is O=C(OCc1ccccc1)c1c(-c2ccccc2)nn2c1CCCC2. The second-order valence-electron chi connectivity index (χ2n) is 6.28. The number of nitrogens with zero attached hydrogens (tertiary/aromatic N) is 2. The lowest BCUT2D eigenvalue weighted by Gasteiger charge is -2.14. The van der Waals surface area contributed by atoms with Gasteiger partial charge in [-0.2, -0.15) is 5.10 Å². The van der Waals surface area contributed by atoms with Gasteiger partial charge in [-0.3, -0.25) is 4.68 Å². The molecule has 0 aliphatic carbocycles. The van der Waals surface area contributed by atoms with Gasteiger partial charge in [-0.05, 0) is 24.8 Å². The highest BCUT2D eigenvalue weighted by atomic mass is 16.5. The molecule has 126 valence electrons. The number of rotatable bonds is 4. The summed E-state index contributed by atoms with van der Waals surface area (Å²) < 4.78 is 7.59. The van der Waals surface area contributed by atoms with Gasteiger partial charge in [-0.25, -0.2) is 4.79 Å². The predicted octanol–water partition coefficient (Wildman–Crippen LogP) is 4.24. The minimum atomic E-state index is -0.286. The maximum absolute atomic E-state index is 12.9. The third kappa shape index (κ3) is 3.20. The fraction of sp³-hybridized carbons (Fsp3) is 0.238. The first kappa shape index (κ1) is 15.6. The van der Waals surface area contributed by atoms with E-state index in [1.165, 1.54) is 0 Å². The smallest absolute Gasteiger partial charge is 0.342 e. The van der Waals surface area contributed by atoms with Gasteiger partial charge in [0.25, 0.3) is 0 Å². The molecule has 4 rings (SSSR count). The molecule has 1 aliphatic rings. The van der Waals surface area contributed by atoms with E-state index in [-0.39, 0.29) is 12.6 Å². The number of fused-ring (bicyclic) bond motifs is 1. The van der Waals surface area contributed by atoms with Gasteiger partial charge in [0.15, 0.2) is 0 Å². The number of hydrogen-bond acceptors (Lipinski definition) is 3. The third-order valence-corrected chi connectivity index (χ3v) is 4.56. The number of esters is 1. The average Bonchev–Trinajstić information content (AvgIpc) is 3.07. The maximum Gasteiger partial charge on any atom is 0.342 e. The second-order valence-corrected chi connectivity index (χ2v) is 6.28. The van der Waals surface area contributed by atoms with Crippen LogP contribution in [0.2, 0.25) is 0 Å². The minimum Gasteiger partial charge on any atom is -0.457 e. The Morgan fingerprint density at radius 1 is 1.00 bits per heavy atom. The van der Waals surface area contributed by atoms with E-state index in [4.69, 9.17) is 9.84 Å². The molecule has 3 aromatic rings. The van der Waals surface area contributed by atoms with Gasteiger partial charge in [0.2, 0.25) is 0 Å². The molecule has 0 radical (unpaired) electrons. The summed E-state index contributed by atoms with van der Waals surface area (Å²) >= 11 is 0. The summed E-state index contributed by atoms with van der Waals surface area (Å²) in [4.78, 5) is 12.9. The molecule has 0 unspecified atom stereocenters. The largest absolute Gasteiger partial charge is 0.457 e. The zero-order chi connectivity index (χ0) is 17.1. The molecule has 2 heterocycles. The van der Waals surface area contributed by atoms with E-state index < -0.39 is 0 Å². The summed E-state index contributed by atoms with van der Waals surface area (Å²) in [6, 6.07) is 19.6. The Bertz CT molecular complexity index is 870. The molecule has 0 N–H and O–H groups in total. The number of ether oxygens (including phenoxy) is 1. The van der Waals surface area contributed by atoms with Gasteiger partial charge >= 0.3 is 5.97 Å². The van der Waals surface area contributed by atoms with Crippen molar-refractivity contribution in [2.45, 2.75) is 32.4 Å². The summed E-state index contributed by atoms with van der Waals surface area (Å²) in [5, 5.41) is 4.71. The van der Waals surface area contributed by atoms with E-state index in [1.54, 1.807) is 0 Å². The summed E-state index contributed by atoms with van der Waals surface area (Å²) in [7, 11) is 0. The molecule has 1 aromatic heterocycles. The van der Waals surface area contributed by atoms with Gasteiger partial charge in [0.1, 0.15) is 17.9 Å². The first-order chi connectivity index (χ1) is 12.3. The summed E-state index contributed by atoms with van der Waals surface area (Å²) in [5.74, 6) is -0.286. The number of benzene rings is 2. The van der Waals surface area contributed by atoms with Crippen molar-refractivity contribution in [3.8, 4) is 11.3 Å². The Morgan fingerprint density at radius 3 is 2.48 bits per heavy atom. The van der Waals surface area contributed by atoms with Crippen LogP contribution in [-0.4, -0.2) is 15.7 Å². The summed E-state index contributed by atoms with van der Waals surface area (Å²) in [6.07, 6.45) is 3.05. The molecular weight excluding hydrogens is 312 g/mol. The van der Waals surface area contributed by atoms with E-state index in [2.05, 4.69) is 0 Å². The van der Waals surface area contributed by atoms with E-state index in [0.717, 1.165) is 48.3 Å². The summed E-state index contributed by atoms with van der Waals surface area (Å²) in [6.45, 7) is 1.14. The molecule has 2 aromatic carbocycles. The van der Waals surface area contributed by atoms with Crippen molar-refractivity contribution in [3.63, 3.8) is 0 Å². The molecule has 4 heteroatoms. The van der Waals surface area contributed by atoms with Gasteiger partial charge in [-0.15, -0.1) is 0 Å². The van der Waals surface area contributed by atoms with Crippen molar-refractivity contribution in [2.75, 3.05) is 0 Å². The monoisotopic (exact) mass is 332 g/mol. The Morgan fingerprint density at radius 2 is 1.72 bits per heavy atom. The molecule has 0 fully saturated rings. The molecule has 25 heavy (non-hydrogen) atoms. The molecule has 0 saturated heterocycles. The van der Waals surface area contributed by atoms with Crippen molar-refractivity contribution in [1.29, 1.82) is 0 Å². The van der Waals surface area contributed by atoms with Gasteiger partial charge < -0.3 is 4.74 Å². The zero-order valence-corrected chi connectivity index (χ0v) is 14.0. The quantitative estimate of drug-likeness (QED) is 0.671. The highest BCUT2D eigenvalue weighted by molar-refractivity contribution is 5.97. The fourth-order valence-corrected chi connectivity index (χ4v) is 3.30. The molecule has 1 aliphatic heterocycles. The molecule has 0 saturated carbocycles. The van der Waals surface area contributed by atoms with Crippen LogP contribution in [0.5, 0.6) is 0 Å². The fourth-order valence-electron chi connectivity index (χ4n) is 3.30. The van der Waals surface area contributed by atoms with Crippen molar-refractivity contribution in [3.05, 3.63) is 77.5 Å². The van der Waals surface area contributed by atoms with Gasteiger partial charge in [-0.1, -0.05) is 60.7 Å². The van der Waals surface area contributed by atoms with Crippen LogP contribution in [0.25, 0.3) is 11.3 Å². The normalized spacial score (nSPS) is 13.3. The minimum absolute atomic E-state index is 0.276. The van der Waals surface area contributed by atoms with E-state index in [1.807, 2.05) is 65.3 Å². The Kier molecular flexibility index (Phi) is 4.34. The molecule has 0 atom stereocenters. The highest BCUT2D eigenvalue weighted by Crippen LogP contribution is 2.29. The van der Waals surface area contributed by atoms with E-state index in [9.17, 15) is 4.79 Å². The number of aromatic nitrogens is 2. The number of aryl methyl sites for hydroxylation is 1. The Hall–Kier alpha value is -2.88. The van der Waals surface area contributed by atoms with Crippen LogP contribution in [0.3, 0.4) is 0 Å². The molecule has 4 nitrogen and oxygen atoms in total. The van der Waals surface area contributed by atoms with Crippen molar-refractivity contribution >= 4 is 5.97 Å². The zero-order valence-electron chi connectivity index (χ0n) is 14.0. The molecule has 0 spiro atoms. The van der Waals surface area contributed by atoms with E-state index in [0.29, 0.717) is 5.56 Å². The van der Waals surface area contributed by atoms with Crippen LogP contribution in [0.1, 0.15) is 34.5 Å². The average molecular weight is 332 g/mol. The van der Waals surface area contributed by atoms with Crippen LogP contribution in [0, 0.1) is 0 Å². The lowest BCUT2D eigenvalue weighted by atomic mass is 10.0. The first-order valence-electron chi connectivity index (χ1n) is 8.69. The van der Waals surface area contributed by atoms with Crippen LogP contribution in [0.15, 0.2) is 60.7 Å². The lowest BCUT2D eigenvalue weighted by Crippen LogP contribution is -2.15. The number of carbonyl (C=O) groups excluding carboxylic acids is 1. The van der Waals surface area contributed by atoms with Crippen molar-refractivity contribution in [1.82, 2.24) is 9.78 Å². The molecule has 0 bridgehead atoms. The number of hydrogen-bond donors (Lipinski definition) is 0. The third-order valence-electron chi connectivity index (χ3n) is 4.56. The van der Waals surface area contributed by atoms with Crippen LogP contribution < -0.4 is 0 Å². The summed E-state index contributed by atoms with van der Waals surface area (Å²) in [5.41, 5.74) is 4.30. The standard InChI is InChI=1S/C21H20N2O2/c24-21(25-15-16-9-3-1-4-10-16)19-18-13-7-8-14-23(18)22-20(19)17-11-5-2-6-12-17/h1-6,9-12H,7-8,13-15H2. The Balaban J connectivity index is 1.67. The number of carbonyl (C=O) groups is 1.